The Labute approximate surface area is 184 Å². The molecule has 0 unspecified atom stereocenters. The summed E-state index contributed by atoms with van der Waals surface area (Å²) in [4.78, 5) is 0. The Morgan fingerprint density at radius 1 is 1.23 bits per heavy atom. The summed E-state index contributed by atoms with van der Waals surface area (Å²) in [6.45, 7) is 1.68. The summed E-state index contributed by atoms with van der Waals surface area (Å²) in [6, 6.07) is 9.23. The number of ether oxygens (including phenoxy) is 1. The Morgan fingerprint density at radius 2 is 2.03 bits per heavy atom. The number of hydrogen-bond acceptors (Lipinski definition) is 8. The second-order valence-corrected chi connectivity index (χ2v) is 7.27. The highest BCUT2D eigenvalue weighted by molar-refractivity contribution is 6.32. The van der Waals surface area contributed by atoms with Crippen LogP contribution in [0.3, 0.4) is 0 Å². The topological polar surface area (TPSA) is 124 Å². The van der Waals surface area contributed by atoms with E-state index in [9.17, 15) is 0 Å². The number of nitrogen functional groups attached to an aromatic ring is 1. The van der Waals surface area contributed by atoms with Crippen LogP contribution in [0.1, 0.15) is 22.7 Å². The van der Waals surface area contributed by atoms with Gasteiger partial charge in [-0.15, -0.1) is 10.2 Å². The highest BCUT2D eigenvalue weighted by Gasteiger charge is 2.21. The van der Waals surface area contributed by atoms with E-state index in [0.717, 1.165) is 0 Å². The van der Waals surface area contributed by atoms with Gasteiger partial charge < -0.3 is 19.4 Å². The van der Waals surface area contributed by atoms with Crippen molar-refractivity contribution in [3.63, 3.8) is 0 Å². The number of rotatable bonds is 5. The average Bonchev–Trinajstić information content (AvgIpc) is 3.32. The molecule has 0 saturated carbocycles. The standard InChI is InChI=1S/C20H12Cl2FN5O3/c1-9-16(19(25)31-28-9)20-27-26-15(30-20)6-11-2-3-14(22)18(17(11)23)29-13-5-10(8-24)4-12(21)7-13/h2-5,7H,6,25H2,1H3. The van der Waals surface area contributed by atoms with Crippen molar-refractivity contribution in [1.82, 2.24) is 15.4 Å². The van der Waals surface area contributed by atoms with Crippen LogP contribution in [0.2, 0.25) is 10.0 Å². The maximum atomic E-state index is 15.2. The number of nitrogens with zero attached hydrogens (tertiary/aromatic N) is 4. The van der Waals surface area contributed by atoms with Crippen molar-refractivity contribution < 1.29 is 18.1 Å². The van der Waals surface area contributed by atoms with E-state index in [0.29, 0.717) is 11.3 Å². The number of benzene rings is 2. The summed E-state index contributed by atoms with van der Waals surface area (Å²) >= 11 is 12.1. The molecule has 4 aromatic rings. The molecule has 0 spiro atoms. The monoisotopic (exact) mass is 459 g/mol. The van der Waals surface area contributed by atoms with Gasteiger partial charge in [-0.2, -0.15) is 5.26 Å². The summed E-state index contributed by atoms with van der Waals surface area (Å²) in [6.07, 6.45) is -0.0322. The molecule has 0 aliphatic rings. The molecule has 0 radical (unpaired) electrons. The van der Waals surface area contributed by atoms with E-state index in [1.165, 1.54) is 30.3 Å². The number of nitriles is 1. The SMILES string of the molecule is Cc1noc(N)c1-c1nnc(Cc2ccc(Cl)c(Oc3cc(Cl)cc(C#N)c3)c2F)o1. The molecular weight excluding hydrogens is 448 g/mol. The van der Waals surface area contributed by atoms with E-state index in [2.05, 4.69) is 15.4 Å². The van der Waals surface area contributed by atoms with Gasteiger partial charge in [0.05, 0.1) is 28.8 Å². The Balaban J connectivity index is 1.63. The van der Waals surface area contributed by atoms with Gasteiger partial charge in [0.15, 0.2) is 11.6 Å². The van der Waals surface area contributed by atoms with Crippen molar-refractivity contribution in [3.05, 3.63) is 68.9 Å². The van der Waals surface area contributed by atoms with Crippen molar-refractivity contribution in [3.8, 4) is 29.0 Å². The fourth-order valence-electron chi connectivity index (χ4n) is 2.84. The van der Waals surface area contributed by atoms with Crippen molar-refractivity contribution in [1.29, 1.82) is 5.26 Å². The molecule has 0 aliphatic heterocycles. The zero-order chi connectivity index (χ0) is 22.1. The number of aromatic nitrogens is 3. The molecule has 4 rings (SSSR count). The van der Waals surface area contributed by atoms with E-state index in [1.807, 2.05) is 6.07 Å². The number of anilines is 1. The van der Waals surface area contributed by atoms with E-state index in [1.54, 1.807) is 6.92 Å². The lowest BCUT2D eigenvalue weighted by Gasteiger charge is -2.11. The highest BCUT2D eigenvalue weighted by atomic mass is 35.5. The lowest BCUT2D eigenvalue weighted by molar-refractivity contribution is 0.431. The molecule has 0 aliphatic carbocycles. The molecule has 2 N–H and O–H groups in total. The van der Waals surface area contributed by atoms with Crippen LogP contribution >= 0.6 is 23.2 Å². The van der Waals surface area contributed by atoms with Crippen molar-refractivity contribution in [2.45, 2.75) is 13.3 Å². The first-order valence-electron chi connectivity index (χ1n) is 8.75. The Kier molecular flexibility index (Phi) is 5.50. The van der Waals surface area contributed by atoms with Gasteiger partial charge in [0.1, 0.15) is 11.3 Å². The van der Waals surface area contributed by atoms with Crippen LogP contribution in [0.5, 0.6) is 11.5 Å². The molecule has 2 aromatic carbocycles. The van der Waals surface area contributed by atoms with E-state index >= 15 is 4.39 Å². The third kappa shape index (κ3) is 4.17. The molecule has 0 atom stereocenters. The zero-order valence-electron chi connectivity index (χ0n) is 15.8. The van der Waals surface area contributed by atoms with E-state index in [4.69, 9.17) is 47.9 Å². The molecule has 0 bridgehead atoms. The van der Waals surface area contributed by atoms with E-state index < -0.39 is 5.82 Å². The van der Waals surface area contributed by atoms with Crippen molar-refractivity contribution in [2.24, 2.45) is 0 Å². The van der Waals surface area contributed by atoms with Crippen LogP contribution in [-0.2, 0) is 6.42 Å². The quantitative estimate of drug-likeness (QED) is 0.425. The minimum Gasteiger partial charge on any atom is -0.453 e. The second-order valence-electron chi connectivity index (χ2n) is 6.42. The third-order valence-electron chi connectivity index (χ3n) is 4.26. The molecule has 0 fully saturated rings. The molecule has 31 heavy (non-hydrogen) atoms. The van der Waals surface area contributed by atoms with Crippen LogP contribution < -0.4 is 10.5 Å². The van der Waals surface area contributed by atoms with Gasteiger partial charge >= 0.3 is 0 Å². The maximum absolute atomic E-state index is 15.2. The lowest BCUT2D eigenvalue weighted by Crippen LogP contribution is -1.98. The van der Waals surface area contributed by atoms with Gasteiger partial charge in [0.25, 0.3) is 5.89 Å². The molecule has 8 nitrogen and oxygen atoms in total. The molecule has 0 saturated heterocycles. The zero-order valence-corrected chi connectivity index (χ0v) is 17.3. The normalized spacial score (nSPS) is 10.8. The summed E-state index contributed by atoms with van der Waals surface area (Å²) < 4.78 is 31.2. The first-order chi connectivity index (χ1) is 14.9. The molecule has 2 heterocycles. The molecule has 0 amide bonds. The summed E-state index contributed by atoms with van der Waals surface area (Å²) in [5.41, 5.74) is 7.05. The smallest absolute Gasteiger partial charge is 0.255 e. The van der Waals surface area contributed by atoms with Gasteiger partial charge in [0.2, 0.25) is 11.8 Å². The van der Waals surface area contributed by atoms with Gasteiger partial charge in [0, 0.05) is 10.6 Å². The summed E-state index contributed by atoms with van der Waals surface area (Å²) in [7, 11) is 0. The minimum absolute atomic E-state index is 0.0322. The first-order valence-corrected chi connectivity index (χ1v) is 9.51. The average molecular weight is 460 g/mol. The fourth-order valence-corrected chi connectivity index (χ4v) is 3.25. The van der Waals surface area contributed by atoms with Crippen molar-refractivity contribution >= 4 is 29.1 Å². The largest absolute Gasteiger partial charge is 0.453 e. The summed E-state index contributed by atoms with van der Waals surface area (Å²) in [5, 5.41) is 21.0. The fraction of sp³-hybridized carbons (Fsp3) is 0.100. The number of nitrogens with two attached hydrogens (primary N) is 1. The van der Waals surface area contributed by atoms with Crippen LogP contribution in [0.25, 0.3) is 11.5 Å². The van der Waals surface area contributed by atoms with Crippen LogP contribution in [0.4, 0.5) is 10.3 Å². The minimum atomic E-state index is -0.716. The molecular formula is C20H12Cl2FN5O3. The Hall–Kier alpha value is -3.61. The molecule has 11 heteroatoms. The van der Waals surface area contributed by atoms with Crippen molar-refractivity contribution in [2.75, 3.05) is 5.73 Å². The van der Waals surface area contributed by atoms with Gasteiger partial charge in [-0.25, -0.2) is 4.39 Å². The van der Waals surface area contributed by atoms with Crippen LogP contribution in [0.15, 0.2) is 39.3 Å². The predicted molar refractivity (Wildman–Crippen MR) is 109 cm³/mol. The maximum Gasteiger partial charge on any atom is 0.255 e. The van der Waals surface area contributed by atoms with Gasteiger partial charge in [-0.3, -0.25) is 0 Å². The van der Waals surface area contributed by atoms with Gasteiger partial charge in [-0.05, 0) is 31.2 Å². The van der Waals surface area contributed by atoms with Gasteiger partial charge in [-0.1, -0.05) is 34.4 Å². The Morgan fingerprint density at radius 3 is 2.74 bits per heavy atom. The molecule has 156 valence electrons. The predicted octanol–water partition coefficient (Wildman–Crippen LogP) is 5.32. The highest BCUT2D eigenvalue weighted by Crippen LogP contribution is 2.36. The number of aryl methyl sites for hydroxylation is 1. The summed E-state index contributed by atoms with van der Waals surface area (Å²) in [5.74, 6) is -0.479. The van der Waals surface area contributed by atoms with Crippen LogP contribution in [-0.4, -0.2) is 15.4 Å². The molecule has 2 aromatic heterocycles. The first kappa shape index (κ1) is 20.7. The van der Waals surface area contributed by atoms with E-state index in [-0.39, 0.29) is 56.8 Å². The number of halogens is 3. The second kappa shape index (κ2) is 8.26. The Bertz CT molecular complexity index is 1310. The third-order valence-corrected chi connectivity index (χ3v) is 4.78. The number of hydrogen-bond donors (Lipinski definition) is 1. The van der Waals surface area contributed by atoms with Crippen LogP contribution in [0, 0.1) is 24.1 Å². The lowest BCUT2D eigenvalue weighted by atomic mass is 10.1.